The number of hydrogen-bond donors (Lipinski definition) is 1. The molecule has 7 nitrogen and oxygen atoms in total. The number of nitrogens with one attached hydrogen (secondary N) is 1. The van der Waals surface area contributed by atoms with Gasteiger partial charge in [0.05, 0.1) is 25.1 Å². The van der Waals surface area contributed by atoms with Crippen LogP contribution in [0.25, 0.3) is 0 Å². The molecule has 1 aromatic carbocycles. The molecule has 0 radical (unpaired) electrons. The Bertz CT molecular complexity index is 904. The molecule has 2 aromatic rings. The third kappa shape index (κ3) is 5.16. The van der Waals surface area contributed by atoms with Gasteiger partial charge >= 0.3 is 11.8 Å². The zero-order valence-electron chi connectivity index (χ0n) is 17.9. The minimum Gasteiger partial charge on any atom is -0.493 e. The molecule has 1 aromatic heterocycles. The van der Waals surface area contributed by atoms with E-state index in [2.05, 4.69) is 22.4 Å². The molecule has 1 aliphatic heterocycles. The van der Waals surface area contributed by atoms with Gasteiger partial charge in [-0.05, 0) is 74.3 Å². The first-order chi connectivity index (χ1) is 15.1. The van der Waals surface area contributed by atoms with Crippen LogP contribution in [0.2, 0.25) is 0 Å². The molecule has 1 saturated heterocycles. The summed E-state index contributed by atoms with van der Waals surface area (Å²) in [6.45, 7) is 1.10. The number of pyridine rings is 1. The van der Waals surface area contributed by atoms with Crippen LogP contribution in [0.3, 0.4) is 0 Å². The average molecular weight is 424 g/mol. The second-order valence-corrected chi connectivity index (χ2v) is 8.20. The maximum atomic E-state index is 12.5. The summed E-state index contributed by atoms with van der Waals surface area (Å²) < 4.78 is 11.7. The number of nitrogens with zero attached hydrogens (tertiary/aromatic N) is 2. The van der Waals surface area contributed by atoms with Crippen molar-refractivity contribution in [2.24, 2.45) is 0 Å². The topological polar surface area (TPSA) is 80.8 Å². The third-order valence-electron chi connectivity index (χ3n) is 6.15. The maximum Gasteiger partial charge on any atom is 0.313 e. The fourth-order valence-electron chi connectivity index (χ4n) is 4.41. The van der Waals surface area contributed by atoms with E-state index in [1.165, 1.54) is 24.6 Å². The Morgan fingerprint density at radius 2 is 1.84 bits per heavy atom. The molecular formula is C24H29N3O4. The molecule has 164 valence electrons. The first-order valence-electron chi connectivity index (χ1n) is 11.0. The van der Waals surface area contributed by atoms with Crippen LogP contribution in [0, 0.1) is 0 Å². The summed E-state index contributed by atoms with van der Waals surface area (Å²) in [5, 5.41) is 2.61. The number of methoxy groups -OCH3 is 1. The standard InChI is InChI=1S/C24H29N3O4/c1-30-21-9-8-18(15-22(21)31-20-6-2-3-7-20)17-10-13-27(14-11-17)24(29)23(28)26-19-5-4-12-25-16-19/h4-5,8-9,12,15-17,20H,2-3,6-7,10-11,13-14H2,1H3,(H,26,28). The molecule has 7 heteroatoms. The number of amides is 2. The Labute approximate surface area is 182 Å². The molecule has 0 spiro atoms. The van der Waals surface area contributed by atoms with Crippen LogP contribution in [0.5, 0.6) is 11.5 Å². The Balaban J connectivity index is 1.35. The molecule has 1 saturated carbocycles. The van der Waals surface area contributed by atoms with Crippen molar-refractivity contribution in [1.29, 1.82) is 0 Å². The first-order valence-corrected chi connectivity index (χ1v) is 11.0. The normalized spacial score (nSPS) is 17.4. The van der Waals surface area contributed by atoms with Gasteiger partial charge < -0.3 is 19.7 Å². The molecule has 2 aliphatic rings. The first kappa shape index (κ1) is 21.2. The summed E-state index contributed by atoms with van der Waals surface area (Å²) in [6.07, 6.45) is 9.63. The van der Waals surface area contributed by atoms with E-state index in [0.29, 0.717) is 24.7 Å². The fraction of sp³-hybridized carbons (Fsp3) is 0.458. The van der Waals surface area contributed by atoms with Crippen molar-refractivity contribution >= 4 is 17.5 Å². The van der Waals surface area contributed by atoms with E-state index in [9.17, 15) is 9.59 Å². The van der Waals surface area contributed by atoms with Crippen LogP contribution in [0.4, 0.5) is 5.69 Å². The smallest absolute Gasteiger partial charge is 0.313 e. The van der Waals surface area contributed by atoms with Crippen LogP contribution in [0.1, 0.15) is 50.0 Å². The molecule has 2 heterocycles. The highest BCUT2D eigenvalue weighted by Gasteiger charge is 2.28. The van der Waals surface area contributed by atoms with Crippen molar-refractivity contribution in [3.05, 3.63) is 48.3 Å². The zero-order chi connectivity index (χ0) is 21.6. The summed E-state index contributed by atoms with van der Waals surface area (Å²) >= 11 is 0. The summed E-state index contributed by atoms with van der Waals surface area (Å²) in [4.78, 5) is 30.4. The second-order valence-electron chi connectivity index (χ2n) is 8.20. The maximum absolute atomic E-state index is 12.5. The predicted molar refractivity (Wildman–Crippen MR) is 117 cm³/mol. The summed E-state index contributed by atoms with van der Waals surface area (Å²) in [7, 11) is 1.66. The van der Waals surface area contributed by atoms with Gasteiger partial charge in [0.15, 0.2) is 11.5 Å². The SMILES string of the molecule is COc1ccc(C2CCN(C(=O)C(=O)Nc3cccnc3)CC2)cc1OC1CCCC1. The molecule has 1 aliphatic carbocycles. The van der Waals surface area contributed by atoms with E-state index in [4.69, 9.17) is 9.47 Å². The lowest BCUT2D eigenvalue weighted by molar-refractivity contribution is -0.143. The number of ether oxygens (including phenoxy) is 2. The van der Waals surface area contributed by atoms with Crippen molar-refractivity contribution in [3.8, 4) is 11.5 Å². The zero-order valence-corrected chi connectivity index (χ0v) is 17.9. The number of hydrogen-bond acceptors (Lipinski definition) is 5. The fourth-order valence-corrected chi connectivity index (χ4v) is 4.41. The highest BCUT2D eigenvalue weighted by molar-refractivity contribution is 6.39. The van der Waals surface area contributed by atoms with Gasteiger partial charge in [0.2, 0.25) is 0 Å². The molecular weight excluding hydrogens is 394 g/mol. The lowest BCUT2D eigenvalue weighted by Crippen LogP contribution is -2.43. The van der Waals surface area contributed by atoms with E-state index in [0.717, 1.165) is 37.2 Å². The van der Waals surface area contributed by atoms with E-state index >= 15 is 0 Å². The van der Waals surface area contributed by atoms with Crippen molar-refractivity contribution < 1.29 is 19.1 Å². The van der Waals surface area contributed by atoms with Crippen LogP contribution >= 0.6 is 0 Å². The second kappa shape index (κ2) is 9.81. The van der Waals surface area contributed by atoms with Crippen molar-refractivity contribution in [1.82, 2.24) is 9.88 Å². The predicted octanol–water partition coefficient (Wildman–Crippen LogP) is 3.76. The van der Waals surface area contributed by atoms with Gasteiger partial charge in [0, 0.05) is 19.3 Å². The molecule has 0 unspecified atom stereocenters. The Morgan fingerprint density at radius 3 is 2.52 bits per heavy atom. The summed E-state index contributed by atoms with van der Waals surface area (Å²) in [6, 6.07) is 9.56. The van der Waals surface area contributed by atoms with Crippen molar-refractivity contribution in [3.63, 3.8) is 0 Å². The van der Waals surface area contributed by atoms with Gasteiger partial charge in [-0.3, -0.25) is 14.6 Å². The largest absolute Gasteiger partial charge is 0.493 e. The number of anilines is 1. The Hall–Kier alpha value is -3.09. The molecule has 0 bridgehead atoms. The third-order valence-corrected chi connectivity index (χ3v) is 6.15. The number of rotatable bonds is 5. The summed E-state index contributed by atoms with van der Waals surface area (Å²) in [5.41, 5.74) is 1.71. The average Bonchev–Trinajstić information content (AvgIpc) is 3.32. The lowest BCUT2D eigenvalue weighted by Gasteiger charge is -2.32. The number of aromatic nitrogens is 1. The van der Waals surface area contributed by atoms with E-state index in [1.54, 1.807) is 30.3 Å². The minimum atomic E-state index is -0.622. The van der Waals surface area contributed by atoms with Crippen LogP contribution in [-0.4, -0.2) is 48.0 Å². The highest BCUT2D eigenvalue weighted by Crippen LogP contribution is 2.37. The van der Waals surface area contributed by atoms with Gasteiger partial charge in [-0.15, -0.1) is 0 Å². The Kier molecular flexibility index (Phi) is 6.70. The van der Waals surface area contributed by atoms with Gasteiger partial charge in [-0.25, -0.2) is 0 Å². The monoisotopic (exact) mass is 423 g/mol. The van der Waals surface area contributed by atoms with Crippen molar-refractivity contribution in [2.75, 3.05) is 25.5 Å². The van der Waals surface area contributed by atoms with Gasteiger partial charge in [-0.2, -0.15) is 0 Å². The Morgan fingerprint density at radius 1 is 1.06 bits per heavy atom. The lowest BCUT2D eigenvalue weighted by atomic mass is 9.89. The van der Waals surface area contributed by atoms with Crippen LogP contribution < -0.4 is 14.8 Å². The van der Waals surface area contributed by atoms with E-state index in [-0.39, 0.29) is 6.10 Å². The van der Waals surface area contributed by atoms with Gasteiger partial charge in [0.25, 0.3) is 0 Å². The molecule has 2 fully saturated rings. The van der Waals surface area contributed by atoms with Crippen LogP contribution in [0.15, 0.2) is 42.7 Å². The molecule has 1 N–H and O–H groups in total. The number of carbonyl (C=O) groups excluding carboxylic acids is 2. The van der Waals surface area contributed by atoms with E-state index in [1.807, 2.05) is 6.07 Å². The number of piperidine rings is 1. The number of carbonyl (C=O) groups is 2. The molecule has 0 atom stereocenters. The van der Waals surface area contributed by atoms with Crippen LogP contribution in [-0.2, 0) is 9.59 Å². The van der Waals surface area contributed by atoms with Crippen molar-refractivity contribution in [2.45, 2.75) is 50.5 Å². The minimum absolute atomic E-state index is 0.266. The van der Waals surface area contributed by atoms with Gasteiger partial charge in [0.1, 0.15) is 0 Å². The quantitative estimate of drug-likeness (QED) is 0.741. The molecule has 31 heavy (non-hydrogen) atoms. The molecule has 4 rings (SSSR count). The highest BCUT2D eigenvalue weighted by atomic mass is 16.5. The number of benzene rings is 1. The van der Waals surface area contributed by atoms with Gasteiger partial charge in [-0.1, -0.05) is 6.07 Å². The number of likely N-dealkylation sites (tertiary alicyclic amines) is 1. The molecule has 2 amide bonds. The van der Waals surface area contributed by atoms with E-state index < -0.39 is 11.8 Å². The summed E-state index contributed by atoms with van der Waals surface area (Å²) in [5.74, 6) is 0.768.